The van der Waals surface area contributed by atoms with Crippen molar-refractivity contribution >= 4 is 0 Å². The average Bonchev–Trinajstić information content (AvgIpc) is 2.66. The van der Waals surface area contributed by atoms with Crippen LogP contribution in [0.4, 0.5) is 0 Å². The summed E-state index contributed by atoms with van der Waals surface area (Å²) in [6.45, 7) is 0. The molecule has 2 N–H and O–H groups in total. The highest BCUT2D eigenvalue weighted by Crippen LogP contribution is 2.42. The zero-order chi connectivity index (χ0) is 10.3. The van der Waals surface area contributed by atoms with Crippen LogP contribution in [-0.4, -0.2) is 17.3 Å². The van der Waals surface area contributed by atoms with E-state index >= 15 is 0 Å². The first kappa shape index (κ1) is 9.37. The molecule has 0 spiro atoms. The molecule has 2 bridgehead atoms. The first-order valence-electron chi connectivity index (χ1n) is 5.82. The fourth-order valence-corrected chi connectivity index (χ4v) is 3.15. The highest BCUT2D eigenvalue weighted by molar-refractivity contribution is 5.29. The molecule has 0 aliphatic carbocycles. The van der Waals surface area contributed by atoms with Crippen LogP contribution in [0.3, 0.4) is 0 Å². The smallest absolute Gasteiger partial charge is 0.0764 e. The van der Waals surface area contributed by atoms with E-state index in [1.807, 2.05) is 6.07 Å². The van der Waals surface area contributed by atoms with E-state index in [9.17, 15) is 5.11 Å². The van der Waals surface area contributed by atoms with Crippen molar-refractivity contribution in [3.05, 3.63) is 35.9 Å². The minimum absolute atomic E-state index is 0.149. The average molecular weight is 203 g/mol. The number of hydrogen-bond donors (Lipinski definition) is 2. The summed E-state index contributed by atoms with van der Waals surface area (Å²) in [6, 6.07) is 11.0. The molecule has 0 unspecified atom stereocenters. The van der Waals surface area contributed by atoms with Gasteiger partial charge in [-0.05, 0) is 31.2 Å². The van der Waals surface area contributed by atoms with Gasteiger partial charge in [-0.25, -0.2) is 0 Å². The molecule has 2 fully saturated rings. The SMILES string of the molecule is O[C@@H]1CC[C@@H]2CC[C@@]1(c1ccccc1)N2. The first-order chi connectivity index (χ1) is 7.31. The fraction of sp³-hybridized carbons (Fsp3) is 0.538. The van der Waals surface area contributed by atoms with E-state index in [-0.39, 0.29) is 11.6 Å². The molecule has 3 rings (SSSR count). The van der Waals surface area contributed by atoms with E-state index in [0.717, 1.165) is 19.3 Å². The molecule has 0 radical (unpaired) electrons. The van der Waals surface area contributed by atoms with Gasteiger partial charge < -0.3 is 10.4 Å². The first-order valence-corrected chi connectivity index (χ1v) is 5.82. The van der Waals surface area contributed by atoms with Gasteiger partial charge in [-0.3, -0.25) is 0 Å². The van der Waals surface area contributed by atoms with Crippen LogP contribution in [0, 0.1) is 0 Å². The number of rotatable bonds is 1. The van der Waals surface area contributed by atoms with Gasteiger partial charge in [0.2, 0.25) is 0 Å². The standard InChI is InChI=1S/C13H17NO/c15-12-7-6-11-8-9-13(12,14-11)10-4-2-1-3-5-10/h1-5,11-12,14-15H,6-9H2/t11-,12-,13+/m1/s1. The molecule has 1 aromatic carbocycles. The van der Waals surface area contributed by atoms with Crippen LogP contribution in [0.1, 0.15) is 31.2 Å². The van der Waals surface area contributed by atoms with Crippen LogP contribution >= 0.6 is 0 Å². The molecule has 0 saturated carbocycles. The maximum absolute atomic E-state index is 10.2. The lowest BCUT2D eigenvalue weighted by Gasteiger charge is -2.39. The summed E-state index contributed by atoms with van der Waals surface area (Å²) >= 11 is 0. The van der Waals surface area contributed by atoms with E-state index < -0.39 is 0 Å². The lowest BCUT2D eigenvalue weighted by atomic mass is 9.81. The molecule has 2 aliphatic rings. The van der Waals surface area contributed by atoms with Crippen molar-refractivity contribution in [2.24, 2.45) is 0 Å². The Labute approximate surface area is 90.3 Å². The van der Waals surface area contributed by atoms with E-state index in [2.05, 4.69) is 29.6 Å². The van der Waals surface area contributed by atoms with Crippen molar-refractivity contribution in [1.29, 1.82) is 0 Å². The molecular formula is C13H17NO. The van der Waals surface area contributed by atoms with Gasteiger partial charge in [0, 0.05) is 6.04 Å². The van der Waals surface area contributed by atoms with Crippen LogP contribution in [0.5, 0.6) is 0 Å². The number of benzene rings is 1. The topological polar surface area (TPSA) is 32.3 Å². The van der Waals surface area contributed by atoms with Crippen LogP contribution in [-0.2, 0) is 5.54 Å². The molecular weight excluding hydrogens is 186 g/mol. The summed E-state index contributed by atoms with van der Waals surface area (Å²) in [5.74, 6) is 0. The van der Waals surface area contributed by atoms with Crippen molar-refractivity contribution in [3.8, 4) is 0 Å². The van der Waals surface area contributed by atoms with E-state index in [0.29, 0.717) is 6.04 Å². The van der Waals surface area contributed by atoms with Gasteiger partial charge in [-0.1, -0.05) is 30.3 Å². The van der Waals surface area contributed by atoms with Gasteiger partial charge >= 0.3 is 0 Å². The molecule has 2 aliphatic heterocycles. The molecule has 2 saturated heterocycles. The third-order valence-electron chi connectivity index (χ3n) is 4.00. The molecule has 3 atom stereocenters. The lowest BCUT2D eigenvalue weighted by Crippen LogP contribution is -2.53. The monoisotopic (exact) mass is 203 g/mol. The summed E-state index contributed by atoms with van der Waals surface area (Å²) < 4.78 is 0. The van der Waals surface area contributed by atoms with Gasteiger partial charge in [-0.15, -0.1) is 0 Å². The minimum atomic E-state index is -0.223. The van der Waals surface area contributed by atoms with Crippen LogP contribution in [0.25, 0.3) is 0 Å². The third-order valence-corrected chi connectivity index (χ3v) is 4.00. The number of hydrogen-bond acceptors (Lipinski definition) is 2. The normalized spacial score (nSPS) is 39.3. The van der Waals surface area contributed by atoms with Crippen molar-refractivity contribution in [2.45, 2.75) is 43.4 Å². The van der Waals surface area contributed by atoms with Crippen LogP contribution in [0.15, 0.2) is 30.3 Å². The zero-order valence-electron chi connectivity index (χ0n) is 8.82. The third kappa shape index (κ3) is 1.32. The molecule has 2 nitrogen and oxygen atoms in total. The molecule has 2 heteroatoms. The predicted molar refractivity (Wildman–Crippen MR) is 59.5 cm³/mol. The summed E-state index contributed by atoms with van der Waals surface area (Å²) in [5, 5.41) is 13.9. The number of fused-ring (bicyclic) bond motifs is 2. The predicted octanol–water partition coefficient (Wildman–Crippen LogP) is 1.79. The van der Waals surface area contributed by atoms with E-state index in [1.54, 1.807) is 0 Å². The van der Waals surface area contributed by atoms with Crippen molar-refractivity contribution in [3.63, 3.8) is 0 Å². The second kappa shape index (κ2) is 3.32. The van der Waals surface area contributed by atoms with Crippen molar-refractivity contribution < 1.29 is 5.11 Å². The lowest BCUT2D eigenvalue weighted by molar-refractivity contribution is 0.0379. The molecule has 80 valence electrons. The highest BCUT2D eigenvalue weighted by Gasteiger charge is 2.48. The Morgan fingerprint density at radius 1 is 1.13 bits per heavy atom. The minimum Gasteiger partial charge on any atom is -0.391 e. The van der Waals surface area contributed by atoms with Crippen molar-refractivity contribution in [1.82, 2.24) is 5.32 Å². The largest absolute Gasteiger partial charge is 0.391 e. The summed E-state index contributed by atoms with van der Waals surface area (Å²) in [4.78, 5) is 0. The Balaban J connectivity index is 2.02. The van der Waals surface area contributed by atoms with Gasteiger partial charge in [0.05, 0.1) is 11.6 Å². The number of nitrogens with one attached hydrogen (secondary N) is 1. The Morgan fingerprint density at radius 2 is 1.93 bits per heavy atom. The zero-order valence-corrected chi connectivity index (χ0v) is 8.82. The quantitative estimate of drug-likeness (QED) is 0.729. The Bertz CT molecular complexity index is 351. The van der Waals surface area contributed by atoms with Crippen LogP contribution < -0.4 is 5.32 Å². The number of aliphatic hydroxyl groups is 1. The van der Waals surface area contributed by atoms with Crippen LogP contribution in [0.2, 0.25) is 0 Å². The second-order valence-electron chi connectivity index (χ2n) is 4.81. The molecule has 1 aromatic rings. The summed E-state index contributed by atoms with van der Waals surface area (Å²) in [5.41, 5.74) is 1.10. The van der Waals surface area contributed by atoms with Gasteiger partial charge in [0.15, 0.2) is 0 Å². The summed E-state index contributed by atoms with van der Waals surface area (Å²) in [6.07, 6.45) is 4.11. The molecule has 2 heterocycles. The highest BCUT2D eigenvalue weighted by atomic mass is 16.3. The van der Waals surface area contributed by atoms with Gasteiger partial charge in [0.25, 0.3) is 0 Å². The Kier molecular flexibility index (Phi) is 2.08. The van der Waals surface area contributed by atoms with Gasteiger partial charge in [-0.2, -0.15) is 0 Å². The molecule has 15 heavy (non-hydrogen) atoms. The second-order valence-corrected chi connectivity index (χ2v) is 4.81. The Hall–Kier alpha value is -0.860. The van der Waals surface area contributed by atoms with E-state index in [1.165, 1.54) is 12.0 Å². The summed E-state index contributed by atoms with van der Waals surface area (Å²) in [7, 11) is 0. The number of aliphatic hydroxyl groups excluding tert-OH is 1. The maximum Gasteiger partial charge on any atom is 0.0764 e. The maximum atomic E-state index is 10.2. The van der Waals surface area contributed by atoms with Gasteiger partial charge in [0.1, 0.15) is 0 Å². The van der Waals surface area contributed by atoms with Crippen molar-refractivity contribution in [2.75, 3.05) is 0 Å². The molecule has 0 amide bonds. The Morgan fingerprint density at radius 3 is 2.73 bits per heavy atom. The molecule has 0 aromatic heterocycles. The van der Waals surface area contributed by atoms with E-state index in [4.69, 9.17) is 0 Å². The fourth-order valence-electron chi connectivity index (χ4n) is 3.15. The number of piperidine rings is 1.